The van der Waals surface area contributed by atoms with Crippen LogP contribution < -0.4 is 0 Å². The van der Waals surface area contributed by atoms with E-state index in [-0.39, 0.29) is 5.78 Å². The lowest BCUT2D eigenvalue weighted by Crippen LogP contribution is -2.03. The van der Waals surface area contributed by atoms with E-state index >= 15 is 0 Å². The van der Waals surface area contributed by atoms with Gasteiger partial charge in [-0.05, 0) is 29.8 Å². The molecule has 2 heterocycles. The molecule has 0 aliphatic heterocycles. The zero-order valence-electron chi connectivity index (χ0n) is 13.2. The van der Waals surface area contributed by atoms with Gasteiger partial charge in [-0.2, -0.15) is 0 Å². The molecule has 26 heavy (non-hydrogen) atoms. The maximum atomic E-state index is 12.4. The lowest BCUT2D eigenvalue weighted by atomic mass is 10.2. The molecular weight excluding hydrogens is 498 g/mol. The highest BCUT2D eigenvalue weighted by Gasteiger charge is 2.15. The minimum Gasteiger partial charge on any atom is -0.293 e. The highest BCUT2D eigenvalue weighted by atomic mass is 79.9. The number of halogens is 2. The fraction of sp³-hybridized carbons (Fsp3) is 0.0556. The topological polar surface area (TPSA) is 47.3 Å². The van der Waals surface area contributed by atoms with E-state index in [1.54, 1.807) is 11.3 Å². The first-order chi connectivity index (χ1) is 12.6. The summed E-state index contributed by atoms with van der Waals surface area (Å²) in [5, 5.41) is 11.3. The molecule has 0 aliphatic rings. The molecule has 0 radical (unpaired) electrons. The van der Waals surface area contributed by atoms with E-state index in [1.165, 1.54) is 11.8 Å². The Balaban J connectivity index is 1.59. The Hall–Kier alpha value is -1.48. The molecule has 0 unspecified atom stereocenters. The lowest BCUT2D eigenvalue weighted by molar-refractivity contribution is 0.102. The molecule has 2 aromatic heterocycles. The van der Waals surface area contributed by atoms with Crippen LogP contribution >= 0.6 is 55.0 Å². The van der Waals surface area contributed by atoms with Crippen molar-refractivity contribution in [3.63, 3.8) is 0 Å². The summed E-state index contributed by atoms with van der Waals surface area (Å²) in [5.74, 6) is 0.387. The lowest BCUT2D eigenvalue weighted by Gasteiger charge is -2.04. The largest absolute Gasteiger partial charge is 0.293 e. The van der Waals surface area contributed by atoms with Gasteiger partial charge < -0.3 is 0 Å². The molecule has 4 nitrogen and oxygen atoms in total. The van der Waals surface area contributed by atoms with Crippen molar-refractivity contribution in [2.75, 3.05) is 5.75 Å². The molecule has 4 rings (SSSR count). The van der Waals surface area contributed by atoms with Gasteiger partial charge in [-0.1, -0.05) is 67.9 Å². The average molecular weight is 509 g/mol. The number of Topliss-reactive ketones (excluding diaryl/α,β-unsaturated/α-hetero) is 1. The van der Waals surface area contributed by atoms with E-state index in [0.29, 0.717) is 11.3 Å². The van der Waals surface area contributed by atoms with Crippen molar-refractivity contribution < 1.29 is 4.79 Å². The van der Waals surface area contributed by atoms with Crippen molar-refractivity contribution in [1.29, 1.82) is 0 Å². The molecule has 0 atom stereocenters. The molecule has 0 bridgehead atoms. The number of ketones is 1. The van der Waals surface area contributed by atoms with Crippen LogP contribution in [0.15, 0.2) is 68.0 Å². The summed E-state index contributed by atoms with van der Waals surface area (Å²) in [7, 11) is 0. The molecule has 8 heteroatoms. The third kappa shape index (κ3) is 3.64. The van der Waals surface area contributed by atoms with Crippen LogP contribution in [0.1, 0.15) is 10.4 Å². The predicted octanol–water partition coefficient (Wildman–Crippen LogP) is 5.96. The first-order valence-electron chi connectivity index (χ1n) is 7.62. The molecule has 0 N–H and O–H groups in total. The first-order valence-corrected chi connectivity index (χ1v) is 11.1. The third-order valence-corrected chi connectivity index (χ3v) is 6.56. The van der Waals surface area contributed by atoms with Crippen molar-refractivity contribution in [3.8, 4) is 11.3 Å². The standard InChI is InChI=1S/C18H11Br2N3OS2/c19-13-5-1-11(2-6-13)15-9-25-17-21-22-18(23(15)17)26-10-16(24)12-3-7-14(20)8-4-12/h1-9H,10H2. The van der Waals surface area contributed by atoms with Crippen molar-refractivity contribution in [1.82, 2.24) is 14.6 Å². The van der Waals surface area contributed by atoms with Gasteiger partial charge in [0.05, 0.1) is 11.4 Å². The fourth-order valence-corrected chi connectivity index (χ4v) is 4.72. The van der Waals surface area contributed by atoms with Gasteiger partial charge >= 0.3 is 0 Å². The normalized spacial score (nSPS) is 11.2. The first kappa shape index (κ1) is 17.9. The number of rotatable bonds is 5. The number of carbonyl (C=O) groups excluding carboxylic acids is 1. The van der Waals surface area contributed by atoms with Crippen LogP contribution in [0, 0.1) is 0 Å². The van der Waals surface area contributed by atoms with Crippen LogP contribution in [0.4, 0.5) is 0 Å². The Morgan fingerprint density at radius 3 is 2.35 bits per heavy atom. The monoisotopic (exact) mass is 507 g/mol. The average Bonchev–Trinajstić information content (AvgIpc) is 3.23. The van der Waals surface area contributed by atoms with E-state index in [1.807, 2.05) is 52.9 Å². The van der Waals surface area contributed by atoms with Crippen LogP contribution in [-0.4, -0.2) is 26.1 Å². The smallest absolute Gasteiger partial charge is 0.217 e. The number of hydrogen-bond acceptors (Lipinski definition) is 5. The molecule has 0 amide bonds. The predicted molar refractivity (Wildman–Crippen MR) is 113 cm³/mol. The SMILES string of the molecule is O=C(CSc1nnc2scc(-c3ccc(Br)cc3)n12)c1ccc(Br)cc1. The van der Waals surface area contributed by atoms with Crippen LogP contribution in [0.3, 0.4) is 0 Å². The van der Waals surface area contributed by atoms with Gasteiger partial charge in [-0.25, -0.2) is 0 Å². The van der Waals surface area contributed by atoms with E-state index in [2.05, 4.69) is 47.4 Å². The molecule has 2 aromatic carbocycles. The van der Waals surface area contributed by atoms with Crippen molar-refractivity contribution in [2.24, 2.45) is 0 Å². The molecule has 0 saturated carbocycles. The summed E-state index contributed by atoms with van der Waals surface area (Å²) in [6.45, 7) is 0. The molecule has 0 fully saturated rings. The van der Waals surface area contributed by atoms with E-state index in [9.17, 15) is 4.79 Å². The summed E-state index contributed by atoms with van der Waals surface area (Å²) in [5.41, 5.74) is 2.81. The molecule has 130 valence electrons. The number of hydrogen-bond donors (Lipinski definition) is 0. The molecular formula is C18H11Br2N3OS2. The van der Waals surface area contributed by atoms with Gasteiger partial charge in [-0.15, -0.1) is 21.5 Å². The van der Waals surface area contributed by atoms with Crippen LogP contribution in [-0.2, 0) is 0 Å². The quantitative estimate of drug-likeness (QED) is 0.246. The van der Waals surface area contributed by atoms with Gasteiger partial charge in [0.1, 0.15) is 0 Å². The van der Waals surface area contributed by atoms with Gasteiger partial charge in [0.25, 0.3) is 0 Å². The van der Waals surface area contributed by atoms with Gasteiger partial charge in [0.2, 0.25) is 4.96 Å². The minimum atomic E-state index is 0.0691. The molecule has 0 spiro atoms. The number of nitrogens with zero attached hydrogens (tertiary/aromatic N) is 3. The third-order valence-electron chi connectivity index (χ3n) is 3.76. The zero-order valence-corrected chi connectivity index (χ0v) is 18.0. The second-order valence-electron chi connectivity index (χ2n) is 5.45. The van der Waals surface area contributed by atoms with Gasteiger partial charge in [-0.3, -0.25) is 9.20 Å². The summed E-state index contributed by atoms with van der Waals surface area (Å²) in [6, 6.07) is 15.5. The number of thiazole rings is 1. The second-order valence-corrected chi connectivity index (χ2v) is 9.06. The second kappa shape index (κ2) is 7.64. The zero-order chi connectivity index (χ0) is 18.1. The van der Waals surface area contributed by atoms with Crippen molar-refractivity contribution in [3.05, 3.63) is 68.4 Å². The fourth-order valence-electron chi connectivity index (χ4n) is 2.46. The molecule has 4 aromatic rings. The Bertz CT molecular complexity index is 1070. The van der Waals surface area contributed by atoms with E-state index < -0.39 is 0 Å². The number of fused-ring (bicyclic) bond motifs is 1. The highest BCUT2D eigenvalue weighted by Crippen LogP contribution is 2.30. The Labute approximate surface area is 174 Å². The summed E-state index contributed by atoms with van der Waals surface area (Å²) < 4.78 is 4.00. The van der Waals surface area contributed by atoms with E-state index in [4.69, 9.17) is 0 Å². The van der Waals surface area contributed by atoms with Crippen LogP contribution in [0.2, 0.25) is 0 Å². The Kier molecular flexibility index (Phi) is 5.26. The van der Waals surface area contributed by atoms with Gasteiger partial charge in [0, 0.05) is 19.9 Å². The van der Waals surface area contributed by atoms with Crippen molar-refractivity contribution >= 4 is 65.7 Å². The van der Waals surface area contributed by atoms with Crippen LogP contribution in [0.5, 0.6) is 0 Å². The molecule has 0 saturated heterocycles. The highest BCUT2D eigenvalue weighted by molar-refractivity contribution is 9.10. The minimum absolute atomic E-state index is 0.0691. The maximum Gasteiger partial charge on any atom is 0.217 e. The Morgan fingerprint density at radius 1 is 1.00 bits per heavy atom. The summed E-state index contributed by atoms with van der Waals surface area (Å²) in [4.78, 5) is 13.2. The Morgan fingerprint density at radius 2 is 1.65 bits per heavy atom. The number of benzene rings is 2. The number of thioether (sulfide) groups is 1. The number of carbonyl (C=O) groups is 1. The number of aromatic nitrogens is 3. The summed E-state index contributed by atoms with van der Waals surface area (Å²) >= 11 is 9.79. The van der Waals surface area contributed by atoms with E-state index in [0.717, 1.165) is 30.3 Å². The molecule has 0 aliphatic carbocycles. The van der Waals surface area contributed by atoms with Gasteiger partial charge in [0.15, 0.2) is 10.9 Å². The van der Waals surface area contributed by atoms with Crippen molar-refractivity contribution in [2.45, 2.75) is 5.16 Å². The summed E-state index contributed by atoms with van der Waals surface area (Å²) in [6.07, 6.45) is 0. The maximum absolute atomic E-state index is 12.4. The van der Waals surface area contributed by atoms with Crippen LogP contribution in [0.25, 0.3) is 16.2 Å².